The van der Waals surface area contributed by atoms with Crippen LogP contribution in [0.2, 0.25) is 10.0 Å². The van der Waals surface area contributed by atoms with Gasteiger partial charge in [-0.25, -0.2) is 4.39 Å². The van der Waals surface area contributed by atoms with Crippen LogP contribution in [0, 0.1) is 5.82 Å². The molecule has 0 amide bonds. The molecule has 0 aliphatic rings. The maximum absolute atomic E-state index is 14.0. The minimum absolute atomic E-state index is 0.178. The molecule has 2 aromatic rings. The number of nitrogens with one attached hydrogen (secondary N) is 1. The first-order chi connectivity index (χ1) is 9.61. The van der Waals surface area contributed by atoms with Gasteiger partial charge in [-0.15, -0.1) is 0 Å². The lowest BCUT2D eigenvalue weighted by atomic mass is 10.2. The van der Waals surface area contributed by atoms with Crippen LogP contribution >= 0.6 is 23.2 Å². The van der Waals surface area contributed by atoms with E-state index >= 15 is 0 Å². The molecule has 0 bridgehead atoms. The fourth-order valence-corrected chi connectivity index (χ4v) is 2.18. The molecule has 0 aliphatic heterocycles. The second-order valence-electron chi connectivity index (χ2n) is 4.19. The SMILES string of the molecule is CCNCc1cccc(F)c1Oc1ccc(Cl)cc1Cl. The van der Waals surface area contributed by atoms with E-state index in [4.69, 9.17) is 27.9 Å². The van der Waals surface area contributed by atoms with Gasteiger partial charge in [0.15, 0.2) is 11.6 Å². The Morgan fingerprint density at radius 1 is 1.20 bits per heavy atom. The predicted octanol–water partition coefficient (Wildman–Crippen LogP) is 5.03. The second-order valence-corrected chi connectivity index (χ2v) is 5.03. The van der Waals surface area contributed by atoms with Crippen molar-refractivity contribution >= 4 is 23.2 Å². The molecule has 0 fully saturated rings. The van der Waals surface area contributed by atoms with Gasteiger partial charge in [0.25, 0.3) is 0 Å². The molecule has 0 saturated carbocycles. The van der Waals surface area contributed by atoms with E-state index in [0.29, 0.717) is 22.3 Å². The van der Waals surface area contributed by atoms with E-state index in [2.05, 4.69) is 5.32 Å². The lowest BCUT2D eigenvalue weighted by molar-refractivity contribution is 0.434. The van der Waals surface area contributed by atoms with Crippen LogP contribution in [0.4, 0.5) is 4.39 Å². The largest absolute Gasteiger partial charge is 0.452 e. The Balaban J connectivity index is 2.32. The molecule has 0 radical (unpaired) electrons. The first kappa shape index (κ1) is 15.1. The van der Waals surface area contributed by atoms with Crippen LogP contribution in [-0.2, 0) is 6.54 Å². The average molecular weight is 314 g/mol. The van der Waals surface area contributed by atoms with Gasteiger partial charge in [-0.05, 0) is 30.8 Å². The fourth-order valence-electron chi connectivity index (χ4n) is 1.73. The molecular weight excluding hydrogens is 300 g/mol. The minimum atomic E-state index is -0.425. The molecule has 2 aromatic carbocycles. The van der Waals surface area contributed by atoms with Crippen LogP contribution in [0.3, 0.4) is 0 Å². The van der Waals surface area contributed by atoms with Crippen molar-refractivity contribution < 1.29 is 9.13 Å². The van der Waals surface area contributed by atoms with E-state index < -0.39 is 5.82 Å². The van der Waals surface area contributed by atoms with E-state index in [9.17, 15) is 4.39 Å². The van der Waals surface area contributed by atoms with Gasteiger partial charge in [-0.3, -0.25) is 0 Å². The van der Waals surface area contributed by atoms with Gasteiger partial charge in [0.1, 0.15) is 5.75 Å². The highest BCUT2D eigenvalue weighted by Gasteiger charge is 2.12. The summed E-state index contributed by atoms with van der Waals surface area (Å²) in [4.78, 5) is 0. The van der Waals surface area contributed by atoms with E-state index in [1.807, 2.05) is 13.0 Å². The van der Waals surface area contributed by atoms with Crippen molar-refractivity contribution in [3.05, 3.63) is 57.8 Å². The van der Waals surface area contributed by atoms with Gasteiger partial charge < -0.3 is 10.1 Å². The van der Waals surface area contributed by atoms with Crippen LogP contribution in [0.1, 0.15) is 12.5 Å². The Morgan fingerprint density at radius 2 is 2.00 bits per heavy atom. The van der Waals surface area contributed by atoms with E-state index in [1.165, 1.54) is 6.07 Å². The zero-order chi connectivity index (χ0) is 14.5. The normalized spacial score (nSPS) is 10.6. The highest BCUT2D eigenvalue weighted by Crippen LogP contribution is 2.34. The number of ether oxygens (including phenoxy) is 1. The Hall–Kier alpha value is -1.29. The van der Waals surface area contributed by atoms with Gasteiger partial charge in [-0.1, -0.05) is 42.3 Å². The van der Waals surface area contributed by atoms with Gasteiger partial charge in [0, 0.05) is 17.1 Å². The number of hydrogen-bond acceptors (Lipinski definition) is 2. The van der Waals surface area contributed by atoms with Gasteiger partial charge in [0.2, 0.25) is 0 Å². The molecular formula is C15H14Cl2FNO. The Morgan fingerprint density at radius 3 is 2.70 bits per heavy atom. The smallest absolute Gasteiger partial charge is 0.167 e. The first-order valence-corrected chi connectivity index (χ1v) is 6.98. The lowest BCUT2D eigenvalue weighted by Gasteiger charge is -2.13. The Kier molecular flexibility index (Phi) is 5.24. The van der Waals surface area contributed by atoms with E-state index in [0.717, 1.165) is 12.1 Å². The van der Waals surface area contributed by atoms with E-state index in [-0.39, 0.29) is 5.75 Å². The zero-order valence-corrected chi connectivity index (χ0v) is 12.4. The number of hydrogen-bond donors (Lipinski definition) is 1. The standard InChI is InChI=1S/C15H14Cl2FNO/c1-2-19-9-10-4-3-5-13(18)15(10)20-14-7-6-11(16)8-12(14)17/h3-8,19H,2,9H2,1H3. The summed E-state index contributed by atoms with van der Waals surface area (Å²) in [6.45, 7) is 3.29. The summed E-state index contributed by atoms with van der Waals surface area (Å²) < 4.78 is 19.6. The lowest BCUT2D eigenvalue weighted by Crippen LogP contribution is -2.12. The van der Waals surface area contributed by atoms with Crippen molar-refractivity contribution in [1.29, 1.82) is 0 Å². The molecule has 2 rings (SSSR count). The van der Waals surface area contributed by atoms with Crippen molar-refractivity contribution in [2.75, 3.05) is 6.54 Å². The zero-order valence-electron chi connectivity index (χ0n) is 10.9. The Labute approximate surface area is 127 Å². The molecule has 0 heterocycles. The summed E-state index contributed by atoms with van der Waals surface area (Å²) in [6.07, 6.45) is 0. The van der Waals surface area contributed by atoms with Gasteiger partial charge in [-0.2, -0.15) is 0 Å². The van der Waals surface area contributed by atoms with Crippen LogP contribution in [0.25, 0.3) is 0 Å². The van der Waals surface area contributed by atoms with Crippen molar-refractivity contribution in [2.45, 2.75) is 13.5 Å². The quantitative estimate of drug-likeness (QED) is 0.835. The molecule has 5 heteroatoms. The number of para-hydroxylation sites is 1. The first-order valence-electron chi connectivity index (χ1n) is 6.23. The minimum Gasteiger partial charge on any atom is -0.452 e. The third-order valence-corrected chi connectivity index (χ3v) is 3.25. The molecule has 1 N–H and O–H groups in total. The Bertz CT molecular complexity index is 604. The summed E-state index contributed by atoms with van der Waals surface area (Å²) in [5, 5.41) is 3.99. The predicted molar refractivity (Wildman–Crippen MR) is 80.3 cm³/mol. The van der Waals surface area contributed by atoms with Gasteiger partial charge in [0.05, 0.1) is 5.02 Å². The highest BCUT2D eigenvalue weighted by molar-refractivity contribution is 6.35. The molecule has 0 saturated heterocycles. The summed E-state index contributed by atoms with van der Waals surface area (Å²) in [6, 6.07) is 9.64. The maximum atomic E-state index is 14.0. The number of halogens is 3. The maximum Gasteiger partial charge on any atom is 0.167 e. The van der Waals surface area contributed by atoms with Crippen LogP contribution in [-0.4, -0.2) is 6.54 Å². The topological polar surface area (TPSA) is 21.3 Å². The monoisotopic (exact) mass is 313 g/mol. The fraction of sp³-hybridized carbons (Fsp3) is 0.200. The molecule has 0 aliphatic carbocycles. The van der Waals surface area contributed by atoms with Crippen molar-refractivity contribution in [3.63, 3.8) is 0 Å². The molecule has 0 unspecified atom stereocenters. The average Bonchev–Trinajstić information content (AvgIpc) is 2.42. The van der Waals surface area contributed by atoms with Gasteiger partial charge >= 0.3 is 0 Å². The summed E-state index contributed by atoms with van der Waals surface area (Å²) >= 11 is 11.9. The third-order valence-electron chi connectivity index (χ3n) is 2.72. The van der Waals surface area contributed by atoms with Crippen molar-refractivity contribution in [2.24, 2.45) is 0 Å². The number of rotatable bonds is 5. The third kappa shape index (κ3) is 3.63. The van der Waals surface area contributed by atoms with Crippen molar-refractivity contribution in [1.82, 2.24) is 5.32 Å². The number of benzene rings is 2. The molecule has 20 heavy (non-hydrogen) atoms. The van der Waals surface area contributed by atoms with Crippen LogP contribution < -0.4 is 10.1 Å². The molecule has 0 aromatic heterocycles. The summed E-state index contributed by atoms with van der Waals surface area (Å²) in [5.41, 5.74) is 0.734. The molecule has 0 spiro atoms. The summed E-state index contributed by atoms with van der Waals surface area (Å²) in [7, 11) is 0. The second kappa shape index (κ2) is 6.93. The highest BCUT2D eigenvalue weighted by atomic mass is 35.5. The summed E-state index contributed by atoms with van der Waals surface area (Å²) in [5.74, 6) is 0.128. The molecule has 0 atom stereocenters. The van der Waals surface area contributed by atoms with Crippen LogP contribution in [0.5, 0.6) is 11.5 Å². The van der Waals surface area contributed by atoms with Crippen LogP contribution in [0.15, 0.2) is 36.4 Å². The van der Waals surface area contributed by atoms with Crippen molar-refractivity contribution in [3.8, 4) is 11.5 Å². The molecule has 106 valence electrons. The van der Waals surface area contributed by atoms with E-state index in [1.54, 1.807) is 24.3 Å². The molecule has 2 nitrogen and oxygen atoms in total.